The van der Waals surface area contributed by atoms with E-state index >= 15 is 0 Å². The minimum absolute atomic E-state index is 0.00806. The lowest BCUT2D eigenvalue weighted by Gasteiger charge is -2.21. The summed E-state index contributed by atoms with van der Waals surface area (Å²) in [6.07, 6.45) is 1.01. The number of Topliss-reactive ketones (excluding diaryl/α,β-unsaturated/α-hetero) is 1. The van der Waals surface area contributed by atoms with Crippen molar-refractivity contribution >= 4 is 5.78 Å². The van der Waals surface area contributed by atoms with Gasteiger partial charge in [-0.3, -0.25) is 4.79 Å². The Hall–Kier alpha value is -2.41. The highest BCUT2D eigenvalue weighted by atomic mass is 16.7. The van der Waals surface area contributed by atoms with Crippen LogP contribution in [0.2, 0.25) is 0 Å². The van der Waals surface area contributed by atoms with Crippen LogP contribution in [0.1, 0.15) is 29.3 Å². The fraction of sp³-hybridized carbons (Fsp3) is 0.381. The molecule has 146 valence electrons. The van der Waals surface area contributed by atoms with Crippen molar-refractivity contribution in [2.45, 2.75) is 19.8 Å². The summed E-state index contributed by atoms with van der Waals surface area (Å²) >= 11 is 0. The number of aliphatic hydroxyl groups is 1. The van der Waals surface area contributed by atoms with E-state index in [0.29, 0.717) is 29.9 Å². The lowest BCUT2D eigenvalue weighted by molar-refractivity contribution is 0.0457. The highest BCUT2D eigenvalue weighted by Crippen LogP contribution is 2.41. The van der Waals surface area contributed by atoms with Crippen molar-refractivity contribution in [1.29, 1.82) is 0 Å². The summed E-state index contributed by atoms with van der Waals surface area (Å²) in [5, 5.41) is 9.35. The van der Waals surface area contributed by atoms with Crippen LogP contribution in [-0.2, 0) is 15.9 Å². The normalized spacial score (nSPS) is 10.7. The van der Waals surface area contributed by atoms with Crippen molar-refractivity contribution in [1.82, 2.24) is 0 Å². The number of carbonyl (C=O) groups is 1. The second kappa shape index (κ2) is 10.7. The Morgan fingerprint density at radius 1 is 1.00 bits per heavy atom. The van der Waals surface area contributed by atoms with Gasteiger partial charge in [-0.1, -0.05) is 30.3 Å². The van der Waals surface area contributed by atoms with Gasteiger partial charge in [-0.05, 0) is 30.9 Å². The molecule has 0 saturated heterocycles. The molecule has 0 fully saturated rings. The smallest absolute Gasteiger partial charge is 0.188 e. The van der Waals surface area contributed by atoms with E-state index in [2.05, 4.69) is 0 Å². The van der Waals surface area contributed by atoms with Crippen LogP contribution in [0.25, 0.3) is 11.1 Å². The molecule has 0 unspecified atom stereocenters. The van der Waals surface area contributed by atoms with Crippen LogP contribution in [0.5, 0.6) is 11.5 Å². The van der Waals surface area contributed by atoms with Crippen LogP contribution in [-0.4, -0.2) is 45.3 Å². The molecule has 2 aromatic carbocycles. The topological polar surface area (TPSA) is 74.2 Å². The van der Waals surface area contributed by atoms with Crippen LogP contribution >= 0.6 is 0 Å². The molecule has 0 bridgehead atoms. The predicted octanol–water partition coefficient (Wildman–Crippen LogP) is 3.45. The monoisotopic (exact) mass is 374 g/mol. The van der Waals surface area contributed by atoms with Crippen molar-refractivity contribution in [2.24, 2.45) is 0 Å². The molecule has 27 heavy (non-hydrogen) atoms. The molecule has 0 aliphatic carbocycles. The zero-order valence-electron chi connectivity index (χ0n) is 16.0. The van der Waals surface area contributed by atoms with Gasteiger partial charge < -0.3 is 24.1 Å². The molecule has 6 nitrogen and oxygen atoms in total. The van der Waals surface area contributed by atoms with Gasteiger partial charge in [-0.15, -0.1) is 0 Å². The first-order valence-corrected chi connectivity index (χ1v) is 8.74. The third-order valence-corrected chi connectivity index (χ3v) is 4.02. The number of hydrogen-bond donors (Lipinski definition) is 1. The van der Waals surface area contributed by atoms with E-state index in [-0.39, 0.29) is 26.0 Å². The molecule has 0 atom stereocenters. The van der Waals surface area contributed by atoms with E-state index < -0.39 is 0 Å². The van der Waals surface area contributed by atoms with Crippen molar-refractivity contribution in [2.75, 3.05) is 34.4 Å². The molecule has 0 aliphatic heterocycles. The number of ketones is 1. The predicted molar refractivity (Wildman–Crippen MR) is 102 cm³/mol. The van der Waals surface area contributed by atoms with Gasteiger partial charge in [-0.2, -0.15) is 0 Å². The van der Waals surface area contributed by atoms with Crippen LogP contribution in [0.3, 0.4) is 0 Å². The number of methoxy groups -OCH3 is 2. The van der Waals surface area contributed by atoms with Gasteiger partial charge in [0.05, 0.1) is 5.56 Å². The molecule has 0 radical (unpaired) electrons. The zero-order valence-corrected chi connectivity index (χ0v) is 16.0. The second-order valence-corrected chi connectivity index (χ2v) is 5.95. The largest absolute Gasteiger partial charge is 0.467 e. The van der Waals surface area contributed by atoms with E-state index in [1.54, 1.807) is 13.2 Å². The van der Waals surface area contributed by atoms with Crippen molar-refractivity contribution in [3.63, 3.8) is 0 Å². The van der Waals surface area contributed by atoms with Gasteiger partial charge in [-0.25, -0.2) is 0 Å². The lowest BCUT2D eigenvalue weighted by Crippen LogP contribution is -2.11. The average molecular weight is 374 g/mol. The summed E-state index contributed by atoms with van der Waals surface area (Å²) in [4.78, 5) is 12.5. The summed E-state index contributed by atoms with van der Waals surface area (Å²) < 4.78 is 21.5. The van der Waals surface area contributed by atoms with Crippen LogP contribution in [0.4, 0.5) is 0 Å². The van der Waals surface area contributed by atoms with E-state index in [0.717, 1.165) is 16.7 Å². The minimum atomic E-state index is -0.121. The Kier molecular flexibility index (Phi) is 8.26. The Morgan fingerprint density at radius 2 is 1.63 bits per heavy atom. The van der Waals surface area contributed by atoms with Crippen LogP contribution < -0.4 is 9.47 Å². The number of rotatable bonds is 11. The summed E-state index contributed by atoms with van der Waals surface area (Å²) in [5.41, 5.74) is 2.97. The number of hydrogen-bond acceptors (Lipinski definition) is 6. The third kappa shape index (κ3) is 5.29. The second-order valence-electron chi connectivity index (χ2n) is 5.95. The molecule has 2 aromatic rings. The quantitative estimate of drug-likeness (QED) is 0.480. The summed E-state index contributed by atoms with van der Waals surface area (Å²) in [7, 11) is 3.06. The molecule has 0 aliphatic rings. The van der Waals surface area contributed by atoms with Gasteiger partial charge in [0, 0.05) is 32.5 Å². The zero-order chi connectivity index (χ0) is 19.6. The highest BCUT2D eigenvalue weighted by molar-refractivity contribution is 6.01. The van der Waals surface area contributed by atoms with Crippen LogP contribution in [0.15, 0.2) is 36.4 Å². The molecular formula is C21H26O6. The van der Waals surface area contributed by atoms with Gasteiger partial charge in [0.15, 0.2) is 19.4 Å². The standard InChI is InChI=1S/C21H26O6/c1-15(23)20-17(10-7-11-22)21(16-8-5-4-6-9-16)19(27-14-25-3)12-18(20)26-13-24-2/h4-6,8-9,12,22H,7,10-11,13-14H2,1-3H3. The number of carbonyl (C=O) groups excluding carboxylic acids is 1. The number of ether oxygens (including phenoxy) is 4. The maximum absolute atomic E-state index is 12.5. The minimum Gasteiger partial charge on any atom is -0.467 e. The first kappa shape index (κ1) is 20.9. The fourth-order valence-electron chi connectivity index (χ4n) is 2.97. The molecule has 0 heterocycles. The van der Waals surface area contributed by atoms with E-state index in [9.17, 15) is 9.90 Å². The van der Waals surface area contributed by atoms with Gasteiger partial charge >= 0.3 is 0 Å². The fourth-order valence-corrected chi connectivity index (χ4v) is 2.97. The molecule has 6 heteroatoms. The Labute approximate surface area is 159 Å². The van der Waals surface area contributed by atoms with E-state index in [1.165, 1.54) is 14.0 Å². The van der Waals surface area contributed by atoms with E-state index in [4.69, 9.17) is 18.9 Å². The summed E-state index contributed by atoms with van der Waals surface area (Å²) in [6, 6.07) is 11.4. The first-order valence-electron chi connectivity index (χ1n) is 8.74. The first-order chi connectivity index (χ1) is 13.1. The number of aliphatic hydroxyl groups excluding tert-OH is 1. The molecule has 0 saturated carbocycles. The molecule has 1 N–H and O–H groups in total. The maximum atomic E-state index is 12.5. The summed E-state index contributed by atoms with van der Waals surface area (Å²) in [5.74, 6) is 0.819. The number of benzene rings is 2. The maximum Gasteiger partial charge on any atom is 0.188 e. The highest BCUT2D eigenvalue weighted by Gasteiger charge is 2.23. The van der Waals surface area contributed by atoms with Gasteiger partial charge in [0.2, 0.25) is 0 Å². The molecule has 2 rings (SSSR count). The summed E-state index contributed by atoms with van der Waals surface area (Å²) in [6.45, 7) is 1.58. The Balaban J connectivity index is 2.74. The molecule has 0 amide bonds. The van der Waals surface area contributed by atoms with E-state index in [1.807, 2.05) is 30.3 Å². The van der Waals surface area contributed by atoms with Crippen LogP contribution in [0, 0.1) is 0 Å². The van der Waals surface area contributed by atoms with Crippen molar-refractivity contribution < 1.29 is 28.8 Å². The van der Waals surface area contributed by atoms with Crippen molar-refractivity contribution in [3.8, 4) is 22.6 Å². The van der Waals surface area contributed by atoms with Crippen molar-refractivity contribution in [3.05, 3.63) is 47.5 Å². The SMILES string of the molecule is COCOc1cc(OCOC)c(-c2ccccc2)c(CCCO)c1C(C)=O. The molecule has 0 spiro atoms. The molecule has 0 aromatic heterocycles. The molecular weight excluding hydrogens is 348 g/mol. The third-order valence-electron chi connectivity index (χ3n) is 4.02. The lowest BCUT2D eigenvalue weighted by atomic mass is 9.89. The Morgan fingerprint density at radius 3 is 2.19 bits per heavy atom. The average Bonchev–Trinajstić information content (AvgIpc) is 2.68. The van der Waals surface area contributed by atoms with Gasteiger partial charge in [0.25, 0.3) is 0 Å². The Bertz CT molecular complexity index is 742. The van der Waals surface area contributed by atoms with Gasteiger partial charge in [0.1, 0.15) is 11.5 Å².